The molecule has 0 aliphatic carbocycles. The van der Waals surface area contributed by atoms with E-state index in [1.165, 1.54) is 12.0 Å². The number of anilines is 1. The van der Waals surface area contributed by atoms with Crippen LogP contribution >= 0.6 is 23.4 Å². The zero-order valence-corrected chi connectivity index (χ0v) is 14.5. The van der Waals surface area contributed by atoms with Gasteiger partial charge in [0.05, 0.1) is 0 Å². The van der Waals surface area contributed by atoms with Crippen LogP contribution in [0, 0.1) is 0 Å². The van der Waals surface area contributed by atoms with E-state index in [1.54, 1.807) is 0 Å². The number of halogens is 1. The maximum atomic E-state index is 6.04. The molecule has 2 nitrogen and oxygen atoms in total. The molecular formula is C16H25ClN2S. The Labute approximate surface area is 132 Å². The van der Waals surface area contributed by atoms with Crippen molar-refractivity contribution in [3.05, 3.63) is 23.4 Å². The minimum atomic E-state index is 0.375. The van der Waals surface area contributed by atoms with Crippen LogP contribution < -0.4 is 4.90 Å². The first kappa shape index (κ1) is 16.0. The zero-order chi connectivity index (χ0) is 14.8. The van der Waals surface area contributed by atoms with Crippen molar-refractivity contribution in [2.75, 3.05) is 23.7 Å². The fourth-order valence-corrected chi connectivity index (χ4v) is 3.63. The van der Waals surface area contributed by atoms with Gasteiger partial charge >= 0.3 is 0 Å². The van der Waals surface area contributed by atoms with Crippen molar-refractivity contribution >= 4 is 29.2 Å². The van der Waals surface area contributed by atoms with Gasteiger partial charge in [-0.1, -0.05) is 27.7 Å². The Kier molecular flexibility index (Phi) is 5.25. The minimum absolute atomic E-state index is 0.375. The molecule has 0 atom stereocenters. The summed E-state index contributed by atoms with van der Waals surface area (Å²) in [5, 5.41) is 0. The van der Waals surface area contributed by atoms with Gasteiger partial charge in [-0.3, -0.25) is 0 Å². The second kappa shape index (κ2) is 6.57. The summed E-state index contributed by atoms with van der Waals surface area (Å²) in [4.78, 5) is 7.27. The molecule has 2 rings (SSSR count). The summed E-state index contributed by atoms with van der Waals surface area (Å²) in [7, 11) is 0. The molecule has 1 fully saturated rings. The van der Waals surface area contributed by atoms with Gasteiger partial charge in [0.15, 0.2) is 0 Å². The number of hydrogen-bond donors (Lipinski definition) is 0. The molecule has 0 N–H and O–H groups in total. The summed E-state index contributed by atoms with van der Waals surface area (Å²) in [5.74, 6) is 3.26. The van der Waals surface area contributed by atoms with Crippen LogP contribution in [0.1, 0.15) is 51.3 Å². The van der Waals surface area contributed by atoms with Crippen LogP contribution in [0.5, 0.6) is 0 Å². The van der Waals surface area contributed by atoms with Gasteiger partial charge < -0.3 is 4.90 Å². The van der Waals surface area contributed by atoms with Gasteiger partial charge in [0.25, 0.3) is 0 Å². The molecule has 1 aliphatic heterocycles. The van der Waals surface area contributed by atoms with Crippen molar-refractivity contribution in [3.8, 4) is 0 Å². The van der Waals surface area contributed by atoms with Crippen molar-refractivity contribution < 1.29 is 0 Å². The topological polar surface area (TPSA) is 16.1 Å². The molecule has 112 valence electrons. The summed E-state index contributed by atoms with van der Waals surface area (Å²) in [5.41, 5.74) is 2.32. The van der Waals surface area contributed by atoms with E-state index < -0.39 is 0 Å². The van der Waals surface area contributed by atoms with Crippen LogP contribution in [0.25, 0.3) is 0 Å². The molecule has 1 saturated heterocycles. The summed E-state index contributed by atoms with van der Waals surface area (Å²) in [6.45, 7) is 11.2. The lowest BCUT2D eigenvalue weighted by molar-refractivity contribution is 0.633. The average molecular weight is 313 g/mol. The number of hydrogen-bond acceptors (Lipinski definition) is 3. The summed E-state index contributed by atoms with van der Waals surface area (Å²) >= 11 is 8.11. The summed E-state index contributed by atoms with van der Waals surface area (Å²) < 4.78 is 0.375. The number of pyridine rings is 1. The smallest absolute Gasteiger partial charge is 0.129 e. The highest BCUT2D eigenvalue weighted by Crippen LogP contribution is 2.32. The Morgan fingerprint density at radius 3 is 2.75 bits per heavy atom. The number of aromatic nitrogens is 1. The first-order valence-electron chi connectivity index (χ1n) is 7.37. The van der Waals surface area contributed by atoms with Crippen LogP contribution in [0.4, 0.5) is 5.82 Å². The monoisotopic (exact) mass is 312 g/mol. The van der Waals surface area contributed by atoms with Crippen molar-refractivity contribution in [3.63, 3.8) is 0 Å². The molecule has 1 aliphatic rings. The maximum absolute atomic E-state index is 6.04. The van der Waals surface area contributed by atoms with Crippen molar-refractivity contribution in [1.29, 1.82) is 0 Å². The minimum Gasteiger partial charge on any atom is -0.356 e. The third-order valence-electron chi connectivity index (χ3n) is 3.80. The largest absolute Gasteiger partial charge is 0.356 e. The molecule has 0 saturated carbocycles. The van der Waals surface area contributed by atoms with Gasteiger partial charge in [-0.15, -0.1) is 11.6 Å². The number of nitrogens with zero attached hydrogens (tertiary/aromatic N) is 2. The van der Waals surface area contributed by atoms with Crippen LogP contribution in [0.15, 0.2) is 12.1 Å². The lowest BCUT2D eigenvalue weighted by Gasteiger charge is -2.24. The van der Waals surface area contributed by atoms with Gasteiger partial charge in [-0.2, -0.15) is 11.8 Å². The number of alkyl halides is 1. The lowest BCUT2D eigenvalue weighted by Crippen LogP contribution is -2.28. The first-order valence-corrected chi connectivity index (χ1v) is 8.89. The molecule has 1 aromatic rings. The fraction of sp³-hybridized carbons (Fsp3) is 0.688. The Hall–Kier alpha value is -0.410. The molecule has 0 unspecified atom stereocenters. The van der Waals surface area contributed by atoms with E-state index in [1.807, 2.05) is 0 Å². The Morgan fingerprint density at radius 1 is 1.35 bits per heavy atom. The van der Waals surface area contributed by atoms with Gasteiger partial charge in [-0.05, 0) is 30.0 Å². The normalized spacial score (nSPS) is 19.2. The molecular weight excluding hydrogens is 288 g/mol. The van der Waals surface area contributed by atoms with Crippen LogP contribution in [-0.2, 0) is 5.88 Å². The highest BCUT2D eigenvalue weighted by molar-refractivity contribution is 8.00. The molecule has 1 aromatic heterocycles. The molecule has 0 radical (unpaired) electrons. The van der Waals surface area contributed by atoms with E-state index in [0.717, 1.165) is 30.4 Å². The lowest BCUT2D eigenvalue weighted by atomic mass is 10.1. The fourth-order valence-electron chi connectivity index (χ4n) is 2.38. The maximum Gasteiger partial charge on any atom is 0.129 e. The first-order chi connectivity index (χ1) is 9.41. The van der Waals surface area contributed by atoms with E-state index in [0.29, 0.717) is 16.5 Å². The van der Waals surface area contributed by atoms with Crippen molar-refractivity contribution in [1.82, 2.24) is 4.98 Å². The van der Waals surface area contributed by atoms with Gasteiger partial charge in [-0.25, -0.2) is 4.98 Å². The highest BCUT2D eigenvalue weighted by Gasteiger charge is 2.24. The van der Waals surface area contributed by atoms with Crippen molar-refractivity contribution in [2.45, 2.75) is 50.7 Å². The van der Waals surface area contributed by atoms with E-state index in [-0.39, 0.29) is 0 Å². The van der Waals surface area contributed by atoms with E-state index in [4.69, 9.17) is 16.6 Å². The molecule has 0 amide bonds. The van der Waals surface area contributed by atoms with Gasteiger partial charge in [0, 0.05) is 35.2 Å². The predicted molar refractivity (Wildman–Crippen MR) is 91.3 cm³/mol. The van der Waals surface area contributed by atoms with E-state index in [9.17, 15) is 0 Å². The van der Waals surface area contributed by atoms with Crippen LogP contribution in [0.3, 0.4) is 0 Å². The SMILES string of the molecule is CC(C)c1cc(CCl)cc(N2CCSC(C)(C)CC2)n1. The second-order valence-electron chi connectivity index (χ2n) is 6.39. The molecule has 20 heavy (non-hydrogen) atoms. The Balaban J connectivity index is 2.25. The van der Waals surface area contributed by atoms with Gasteiger partial charge in [0.1, 0.15) is 5.82 Å². The highest BCUT2D eigenvalue weighted by atomic mass is 35.5. The number of rotatable bonds is 3. The van der Waals surface area contributed by atoms with Gasteiger partial charge in [0.2, 0.25) is 0 Å². The zero-order valence-electron chi connectivity index (χ0n) is 12.9. The Morgan fingerprint density at radius 2 is 2.10 bits per heavy atom. The third-order valence-corrected chi connectivity index (χ3v) is 5.48. The van der Waals surface area contributed by atoms with Crippen LogP contribution in [0.2, 0.25) is 0 Å². The molecule has 4 heteroatoms. The second-order valence-corrected chi connectivity index (χ2v) is 8.46. The standard InChI is InChI=1S/C16H25ClN2S/c1-12(2)14-9-13(11-17)10-15(18-14)19-6-5-16(3,4)20-8-7-19/h9-10,12H,5-8,11H2,1-4H3. The average Bonchev–Trinajstić information content (AvgIpc) is 2.59. The summed E-state index contributed by atoms with van der Waals surface area (Å²) in [6.07, 6.45) is 1.20. The van der Waals surface area contributed by atoms with E-state index in [2.05, 4.69) is 56.5 Å². The predicted octanol–water partition coefficient (Wildman–Crippen LogP) is 4.67. The molecule has 0 spiro atoms. The number of thioether (sulfide) groups is 1. The molecule has 2 heterocycles. The molecule has 0 bridgehead atoms. The van der Waals surface area contributed by atoms with Crippen LogP contribution in [-0.4, -0.2) is 28.6 Å². The molecule has 0 aromatic carbocycles. The van der Waals surface area contributed by atoms with E-state index >= 15 is 0 Å². The quantitative estimate of drug-likeness (QED) is 0.755. The van der Waals surface area contributed by atoms with Crippen molar-refractivity contribution in [2.24, 2.45) is 0 Å². The Bertz CT molecular complexity index is 460. The summed E-state index contributed by atoms with van der Waals surface area (Å²) in [6, 6.07) is 4.29. The third kappa shape index (κ3) is 4.05.